The minimum absolute atomic E-state index is 0.486. The summed E-state index contributed by atoms with van der Waals surface area (Å²) in [5, 5.41) is 4.46. The highest BCUT2D eigenvalue weighted by Crippen LogP contribution is 2.43. The molecule has 1 aliphatic rings. The van der Waals surface area contributed by atoms with Gasteiger partial charge in [0.25, 0.3) is 0 Å². The van der Waals surface area contributed by atoms with Gasteiger partial charge in [-0.25, -0.2) is 0 Å². The second kappa shape index (κ2) is 12.1. The van der Waals surface area contributed by atoms with Gasteiger partial charge < -0.3 is 9.13 Å². The van der Waals surface area contributed by atoms with E-state index in [2.05, 4.69) is 127 Å². The van der Waals surface area contributed by atoms with Crippen LogP contribution in [0.5, 0.6) is 0 Å². The molecule has 0 bridgehead atoms. The van der Waals surface area contributed by atoms with Crippen molar-refractivity contribution in [3.63, 3.8) is 0 Å². The topological polar surface area (TPSA) is 9.86 Å². The molecule has 268 valence electrons. The maximum Gasteiger partial charge on any atom is 0.416 e. The lowest BCUT2D eigenvalue weighted by atomic mass is 9.95. The molecule has 0 saturated heterocycles. The van der Waals surface area contributed by atoms with Gasteiger partial charge in [-0.05, 0) is 142 Å². The van der Waals surface area contributed by atoms with E-state index in [0.29, 0.717) is 5.69 Å². The molecule has 56 heavy (non-hydrogen) atoms. The maximum absolute atomic E-state index is 13.7. The number of hydrogen-bond donors (Lipinski definition) is 0. The van der Waals surface area contributed by atoms with Crippen LogP contribution in [0.4, 0.5) is 13.2 Å². The molecule has 0 atom stereocenters. The highest BCUT2D eigenvalue weighted by Gasteiger charge is 2.31. The highest BCUT2D eigenvalue weighted by atomic mass is 19.4. The average molecular weight is 731 g/mol. The lowest BCUT2D eigenvalue weighted by Crippen LogP contribution is -2.06. The van der Waals surface area contributed by atoms with Crippen molar-refractivity contribution < 1.29 is 13.2 Å². The van der Waals surface area contributed by atoms with Crippen LogP contribution in [0.3, 0.4) is 0 Å². The second-order valence-electron chi connectivity index (χ2n) is 15.0. The number of rotatable bonds is 4. The van der Waals surface area contributed by atoms with Crippen LogP contribution in [0.15, 0.2) is 170 Å². The van der Waals surface area contributed by atoms with Gasteiger partial charge in [0.2, 0.25) is 0 Å². The summed E-state index contributed by atoms with van der Waals surface area (Å²) < 4.78 is 45.5. The van der Waals surface area contributed by atoms with Crippen LogP contribution in [0.1, 0.15) is 22.3 Å². The molecule has 0 fully saturated rings. The molecule has 2 nitrogen and oxygen atoms in total. The van der Waals surface area contributed by atoms with Gasteiger partial charge in [-0.1, -0.05) is 91.0 Å². The Labute approximate surface area is 321 Å². The van der Waals surface area contributed by atoms with E-state index < -0.39 is 11.7 Å². The molecule has 2 heterocycles. The van der Waals surface area contributed by atoms with Crippen molar-refractivity contribution in [1.82, 2.24) is 9.13 Å². The molecule has 0 spiro atoms. The monoisotopic (exact) mass is 730 g/mol. The van der Waals surface area contributed by atoms with Gasteiger partial charge in [-0.2, -0.15) is 13.2 Å². The predicted octanol–water partition coefficient (Wildman–Crippen LogP) is 14.1. The van der Waals surface area contributed by atoms with E-state index in [0.717, 1.165) is 51.1 Å². The van der Waals surface area contributed by atoms with Crippen LogP contribution in [-0.2, 0) is 12.6 Å². The van der Waals surface area contributed by atoms with E-state index in [9.17, 15) is 13.2 Å². The van der Waals surface area contributed by atoms with Gasteiger partial charge in [0.1, 0.15) is 0 Å². The molecule has 0 radical (unpaired) electrons. The van der Waals surface area contributed by atoms with Crippen LogP contribution >= 0.6 is 0 Å². The minimum atomic E-state index is -4.42. The van der Waals surface area contributed by atoms with Gasteiger partial charge in [-0.3, -0.25) is 0 Å². The third-order valence-corrected chi connectivity index (χ3v) is 11.6. The Kier molecular flexibility index (Phi) is 7.02. The first-order chi connectivity index (χ1) is 27.3. The quantitative estimate of drug-likeness (QED) is 0.171. The van der Waals surface area contributed by atoms with Crippen molar-refractivity contribution in [2.24, 2.45) is 0 Å². The molecular weight excluding hydrogens is 698 g/mol. The summed E-state index contributed by atoms with van der Waals surface area (Å²) >= 11 is 0. The standard InChI is InChI=1S/C51H33F3N2/c1-31-8-6-10-39(24-31)55-47-14-4-2-12-41(47)45-28-34(20-22-49(45)55)32-16-18-36-25-37-19-17-33(27-44(37)43(36)26-32)35-21-23-50-46(29-35)42-13-3-5-15-48(42)56(50)40-11-7-9-38(30-40)51(52,53)54/h2-24,26-30H,25H2,1H3. The van der Waals surface area contributed by atoms with Gasteiger partial charge in [0, 0.05) is 32.9 Å². The fourth-order valence-electron chi connectivity index (χ4n) is 8.98. The van der Waals surface area contributed by atoms with E-state index in [4.69, 9.17) is 0 Å². The van der Waals surface area contributed by atoms with Gasteiger partial charge in [0.05, 0.1) is 27.6 Å². The molecule has 0 unspecified atom stereocenters. The summed E-state index contributed by atoms with van der Waals surface area (Å²) in [6, 6.07) is 57.6. The molecule has 11 rings (SSSR count). The lowest BCUT2D eigenvalue weighted by molar-refractivity contribution is -0.137. The first-order valence-electron chi connectivity index (χ1n) is 18.9. The number of alkyl halides is 3. The Morgan fingerprint density at radius 2 is 0.875 bits per heavy atom. The number of aryl methyl sites for hydroxylation is 1. The largest absolute Gasteiger partial charge is 0.416 e. The summed E-state index contributed by atoms with van der Waals surface area (Å²) in [7, 11) is 0. The van der Waals surface area contributed by atoms with Crippen LogP contribution < -0.4 is 0 Å². The molecule has 10 aromatic rings. The number of nitrogens with zero attached hydrogens (tertiary/aromatic N) is 2. The van der Waals surface area contributed by atoms with E-state index in [1.165, 1.54) is 72.9 Å². The fourth-order valence-corrected chi connectivity index (χ4v) is 8.98. The Balaban J connectivity index is 0.998. The van der Waals surface area contributed by atoms with Crippen molar-refractivity contribution in [2.75, 3.05) is 0 Å². The average Bonchev–Trinajstić information content (AvgIpc) is 3.87. The number of halogens is 3. The summed E-state index contributed by atoms with van der Waals surface area (Å²) in [6.07, 6.45) is -3.54. The third-order valence-electron chi connectivity index (χ3n) is 11.6. The SMILES string of the molecule is Cc1cccc(-n2c3ccccc3c3cc(-c4ccc5c(c4)-c4cc(-c6ccc7c(c6)c6ccccc6n7-c6cccc(C(F)(F)F)c6)ccc4C5)ccc32)c1. The maximum atomic E-state index is 13.7. The molecule has 1 aliphatic carbocycles. The zero-order chi connectivity index (χ0) is 37.7. The van der Waals surface area contributed by atoms with Crippen LogP contribution in [0, 0.1) is 6.92 Å². The lowest BCUT2D eigenvalue weighted by Gasteiger charge is -2.12. The zero-order valence-electron chi connectivity index (χ0n) is 30.4. The fraction of sp³-hybridized carbons (Fsp3) is 0.0588. The molecule has 8 aromatic carbocycles. The first-order valence-corrected chi connectivity index (χ1v) is 18.9. The van der Waals surface area contributed by atoms with Crippen molar-refractivity contribution in [3.8, 4) is 44.8 Å². The van der Waals surface area contributed by atoms with Gasteiger partial charge >= 0.3 is 6.18 Å². The van der Waals surface area contributed by atoms with Crippen molar-refractivity contribution >= 4 is 43.6 Å². The first kappa shape index (κ1) is 32.6. The third kappa shape index (κ3) is 5.04. The molecule has 0 aliphatic heterocycles. The Morgan fingerprint density at radius 1 is 0.411 bits per heavy atom. The molecule has 0 saturated carbocycles. The predicted molar refractivity (Wildman–Crippen MR) is 224 cm³/mol. The van der Waals surface area contributed by atoms with Crippen LogP contribution in [0.25, 0.3) is 88.4 Å². The van der Waals surface area contributed by atoms with E-state index in [-0.39, 0.29) is 0 Å². The van der Waals surface area contributed by atoms with Crippen LogP contribution in [0.2, 0.25) is 0 Å². The van der Waals surface area contributed by atoms with E-state index >= 15 is 0 Å². The number of hydrogen-bond acceptors (Lipinski definition) is 0. The summed E-state index contributed by atoms with van der Waals surface area (Å²) in [6.45, 7) is 2.13. The summed E-state index contributed by atoms with van der Waals surface area (Å²) in [5.41, 5.74) is 16.0. The van der Waals surface area contributed by atoms with Crippen molar-refractivity contribution in [3.05, 3.63) is 192 Å². The van der Waals surface area contributed by atoms with E-state index in [1.54, 1.807) is 6.07 Å². The Bertz CT molecular complexity index is 3230. The number of fused-ring (bicyclic) bond motifs is 9. The number of para-hydroxylation sites is 2. The molecular formula is C51H33F3N2. The van der Waals surface area contributed by atoms with Crippen LogP contribution in [-0.4, -0.2) is 9.13 Å². The Morgan fingerprint density at radius 3 is 1.41 bits per heavy atom. The molecule has 0 amide bonds. The van der Waals surface area contributed by atoms with Crippen molar-refractivity contribution in [2.45, 2.75) is 19.5 Å². The minimum Gasteiger partial charge on any atom is -0.309 e. The van der Waals surface area contributed by atoms with E-state index in [1.807, 2.05) is 34.9 Å². The molecule has 0 N–H and O–H groups in total. The second-order valence-corrected chi connectivity index (χ2v) is 15.0. The normalized spacial score (nSPS) is 12.6. The number of benzene rings is 8. The molecule has 5 heteroatoms. The molecule has 2 aromatic heterocycles. The Hall–Kier alpha value is -6.85. The van der Waals surface area contributed by atoms with Gasteiger partial charge in [-0.15, -0.1) is 0 Å². The zero-order valence-corrected chi connectivity index (χ0v) is 30.4. The summed E-state index contributed by atoms with van der Waals surface area (Å²) in [5.74, 6) is 0. The number of aromatic nitrogens is 2. The summed E-state index contributed by atoms with van der Waals surface area (Å²) in [4.78, 5) is 0. The smallest absolute Gasteiger partial charge is 0.309 e. The highest BCUT2D eigenvalue weighted by molar-refractivity contribution is 6.11. The van der Waals surface area contributed by atoms with Crippen molar-refractivity contribution in [1.29, 1.82) is 0 Å². The van der Waals surface area contributed by atoms with Gasteiger partial charge in [0.15, 0.2) is 0 Å².